The van der Waals surface area contributed by atoms with Gasteiger partial charge in [-0.2, -0.15) is 0 Å². The summed E-state index contributed by atoms with van der Waals surface area (Å²) in [5, 5.41) is 0. The number of allylic oxidation sites excluding steroid dienone is 12. The molecule has 6 heteroatoms. The first kappa shape index (κ1) is 62.8. The predicted molar refractivity (Wildman–Crippen MR) is 284 cm³/mol. The third kappa shape index (κ3) is 51.8. The summed E-state index contributed by atoms with van der Waals surface area (Å²) in [5.41, 5.74) is 0. The second-order valence-corrected chi connectivity index (χ2v) is 18.6. The molecule has 0 aromatic carbocycles. The summed E-state index contributed by atoms with van der Waals surface area (Å²) in [5.74, 6) is -0.898. The zero-order chi connectivity index (χ0) is 47.9. The predicted octanol–water partition coefficient (Wildman–Crippen LogP) is 18.6. The van der Waals surface area contributed by atoms with E-state index in [1.165, 1.54) is 148 Å². The highest BCUT2D eigenvalue weighted by Crippen LogP contribution is 2.16. The second kappa shape index (κ2) is 54.5. The number of ether oxygens (including phenoxy) is 3. The zero-order valence-electron chi connectivity index (χ0n) is 43.4. The summed E-state index contributed by atoms with van der Waals surface area (Å²) in [6, 6.07) is 0. The Morgan fingerprint density at radius 3 is 0.909 bits per heavy atom. The third-order valence-corrected chi connectivity index (χ3v) is 12.1. The highest BCUT2D eigenvalue weighted by atomic mass is 16.6. The molecule has 1 unspecified atom stereocenters. The minimum absolute atomic E-state index is 0.0823. The fourth-order valence-electron chi connectivity index (χ4n) is 7.91. The minimum atomic E-state index is -0.785. The molecular formula is C60H104O6. The molecule has 0 bridgehead atoms. The summed E-state index contributed by atoms with van der Waals surface area (Å²) in [6.07, 6.45) is 68.9. The SMILES string of the molecule is CC\C=C/C=C\C=C/CCCCCCCCCC(=O)OCC(COC(=O)CCCCCCCCCCCCCCCCCCCC)OC(=O)CCCCCCCCC\C=C/C=C\C=C/CC. The number of rotatable bonds is 50. The first-order chi connectivity index (χ1) is 32.5. The maximum Gasteiger partial charge on any atom is 0.306 e. The first-order valence-corrected chi connectivity index (χ1v) is 28.0. The topological polar surface area (TPSA) is 78.9 Å². The van der Waals surface area contributed by atoms with Crippen molar-refractivity contribution in [2.75, 3.05) is 13.2 Å². The van der Waals surface area contributed by atoms with Gasteiger partial charge in [0.15, 0.2) is 6.10 Å². The maximum absolute atomic E-state index is 12.8. The van der Waals surface area contributed by atoms with E-state index in [4.69, 9.17) is 14.2 Å². The van der Waals surface area contributed by atoms with Crippen LogP contribution in [0, 0.1) is 0 Å². The first-order valence-electron chi connectivity index (χ1n) is 28.0. The Balaban J connectivity index is 4.37. The minimum Gasteiger partial charge on any atom is -0.462 e. The van der Waals surface area contributed by atoms with Gasteiger partial charge in [-0.15, -0.1) is 0 Å². The molecule has 0 N–H and O–H groups in total. The standard InChI is InChI=1S/C60H104O6/c1-4-7-10-13-16-19-22-25-28-29-30-33-35-38-41-44-47-50-53-59(62)65-56-57(66-60(63)54-51-48-45-42-39-36-32-27-24-21-18-15-12-9-6-3)55-64-58(61)52-49-46-43-40-37-34-31-26-23-20-17-14-11-8-5-2/h8-9,11-12,14-15,17-18,20-21,23-24,57H,4-7,10,13,16,19,22,25-56H2,1-3H3/b11-8-,12-9-,17-14-,18-15-,23-20-,24-21-. The van der Waals surface area contributed by atoms with Crippen LogP contribution in [-0.2, 0) is 28.6 Å². The largest absolute Gasteiger partial charge is 0.462 e. The number of carbonyl (C=O) groups excluding carboxylic acids is 3. The summed E-state index contributed by atoms with van der Waals surface area (Å²) in [4.78, 5) is 38.1. The number of unbranched alkanes of at least 4 members (excludes halogenated alkanes) is 31. The molecule has 0 spiro atoms. The van der Waals surface area contributed by atoms with Gasteiger partial charge in [-0.05, 0) is 57.8 Å². The number of hydrogen-bond donors (Lipinski definition) is 0. The van der Waals surface area contributed by atoms with Gasteiger partial charge in [0.05, 0.1) is 0 Å². The van der Waals surface area contributed by atoms with Crippen LogP contribution in [-0.4, -0.2) is 37.2 Å². The normalized spacial score (nSPS) is 12.6. The van der Waals surface area contributed by atoms with Crippen LogP contribution in [0.1, 0.15) is 271 Å². The molecule has 0 aliphatic rings. The van der Waals surface area contributed by atoms with Crippen molar-refractivity contribution in [2.45, 2.75) is 277 Å². The Morgan fingerprint density at radius 1 is 0.318 bits per heavy atom. The van der Waals surface area contributed by atoms with Gasteiger partial charge in [-0.25, -0.2) is 0 Å². The van der Waals surface area contributed by atoms with E-state index in [-0.39, 0.29) is 31.1 Å². The second-order valence-electron chi connectivity index (χ2n) is 18.6. The summed E-state index contributed by atoms with van der Waals surface area (Å²) < 4.78 is 16.8. The Hall–Kier alpha value is -3.15. The number of esters is 3. The molecule has 0 aliphatic heterocycles. The maximum atomic E-state index is 12.8. The van der Waals surface area contributed by atoms with Crippen LogP contribution in [0.25, 0.3) is 0 Å². The van der Waals surface area contributed by atoms with Crippen molar-refractivity contribution < 1.29 is 28.6 Å². The van der Waals surface area contributed by atoms with Crippen molar-refractivity contribution in [3.63, 3.8) is 0 Å². The van der Waals surface area contributed by atoms with Crippen molar-refractivity contribution in [2.24, 2.45) is 0 Å². The van der Waals surface area contributed by atoms with Gasteiger partial charge in [0.1, 0.15) is 13.2 Å². The van der Waals surface area contributed by atoms with Crippen LogP contribution in [0.15, 0.2) is 72.9 Å². The lowest BCUT2D eigenvalue weighted by atomic mass is 10.0. The molecular weight excluding hydrogens is 817 g/mol. The fourth-order valence-corrected chi connectivity index (χ4v) is 7.91. The molecule has 0 rings (SSSR count). The number of hydrogen-bond acceptors (Lipinski definition) is 6. The lowest BCUT2D eigenvalue weighted by molar-refractivity contribution is -0.167. The molecule has 0 aromatic heterocycles. The van der Waals surface area contributed by atoms with Crippen molar-refractivity contribution in [3.05, 3.63) is 72.9 Å². The van der Waals surface area contributed by atoms with E-state index in [1.807, 2.05) is 0 Å². The molecule has 0 saturated carbocycles. The van der Waals surface area contributed by atoms with Gasteiger partial charge in [-0.3, -0.25) is 14.4 Å². The van der Waals surface area contributed by atoms with Gasteiger partial charge >= 0.3 is 17.9 Å². The number of carbonyl (C=O) groups is 3. The van der Waals surface area contributed by atoms with Gasteiger partial charge in [-0.1, -0.05) is 267 Å². The van der Waals surface area contributed by atoms with Gasteiger partial charge in [0.25, 0.3) is 0 Å². The van der Waals surface area contributed by atoms with E-state index in [1.54, 1.807) is 0 Å². The average molecular weight is 921 g/mol. The van der Waals surface area contributed by atoms with E-state index in [0.717, 1.165) is 83.5 Å². The third-order valence-electron chi connectivity index (χ3n) is 12.1. The smallest absolute Gasteiger partial charge is 0.306 e. The van der Waals surface area contributed by atoms with Crippen molar-refractivity contribution in [1.82, 2.24) is 0 Å². The van der Waals surface area contributed by atoms with Gasteiger partial charge in [0, 0.05) is 19.3 Å². The van der Waals surface area contributed by atoms with Crippen LogP contribution in [0.4, 0.5) is 0 Å². The Kier molecular flexibility index (Phi) is 51.9. The molecule has 1 atom stereocenters. The van der Waals surface area contributed by atoms with Crippen molar-refractivity contribution >= 4 is 17.9 Å². The summed E-state index contributed by atoms with van der Waals surface area (Å²) in [7, 11) is 0. The molecule has 66 heavy (non-hydrogen) atoms. The van der Waals surface area contributed by atoms with Crippen LogP contribution in [0.5, 0.6) is 0 Å². The quantitative estimate of drug-likeness (QED) is 0.0262. The van der Waals surface area contributed by atoms with Crippen LogP contribution in [0.2, 0.25) is 0 Å². The molecule has 0 heterocycles. The van der Waals surface area contributed by atoms with Crippen LogP contribution >= 0.6 is 0 Å². The van der Waals surface area contributed by atoms with Crippen LogP contribution < -0.4 is 0 Å². The van der Waals surface area contributed by atoms with E-state index in [0.29, 0.717) is 19.3 Å². The van der Waals surface area contributed by atoms with Crippen LogP contribution in [0.3, 0.4) is 0 Å². The Labute approximate surface area is 408 Å². The monoisotopic (exact) mass is 921 g/mol. The molecule has 0 aromatic rings. The highest BCUT2D eigenvalue weighted by Gasteiger charge is 2.19. The van der Waals surface area contributed by atoms with Crippen molar-refractivity contribution in [1.29, 1.82) is 0 Å². The molecule has 0 amide bonds. The fraction of sp³-hybridized carbons (Fsp3) is 0.750. The molecule has 0 saturated heterocycles. The van der Waals surface area contributed by atoms with E-state index >= 15 is 0 Å². The van der Waals surface area contributed by atoms with E-state index in [2.05, 4.69) is 93.7 Å². The molecule has 0 fully saturated rings. The molecule has 0 radical (unpaired) electrons. The van der Waals surface area contributed by atoms with E-state index in [9.17, 15) is 14.4 Å². The molecule has 380 valence electrons. The van der Waals surface area contributed by atoms with Gasteiger partial charge in [0.2, 0.25) is 0 Å². The lowest BCUT2D eigenvalue weighted by Gasteiger charge is -2.18. The average Bonchev–Trinajstić information content (AvgIpc) is 3.31. The Morgan fingerprint density at radius 2 is 0.591 bits per heavy atom. The zero-order valence-corrected chi connectivity index (χ0v) is 43.4. The highest BCUT2D eigenvalue weighted by molar-refractivity contribution is 5.71. The molecule has 6 nitrogen and oxygen atoms in total. The van der Waals surface area contributed by atoms with Gasteiger partial charge < -0.3 is 14.2 Å². The summed E-state index contributed by atoms with van der Waals surface area (Å²) >= 11 is 0. The molecule has 0 aliphatic carbocycles. The Bertz CT molecular complexity index is 1240. The van der Waals surface area contributed by atoms with Crippen molar-refractivity contribution in [3.8, 4) is 0 Å². The summed E-state index contributed by atoms with van der Waals surface area (Å²) in [6.45, 7) is 6.39. The lowest BCUT2D eigenvalue weighted by Crippen LogP contribution is -2.30. The van der Waals surface area contributed by atoms with E-state index < -0.39 is 6.10 Å².